The Morgan fingerprint density at radius 1 is 1.18 bits per heavy atom. The maximum absolute atomic E-state index is 11.9. The Morgan fingerprint density at radius 2 is 2.05 bits per heavy atom. The Labute approximate surface area is 136 Å². The van der Waals surface area contributed by atoms with E-state index in [0.717, 1.165) is 9.47 Å². The van der Waals surface area contributed by atoms with Crippen LogP contribution in [0.1, 0.15) is 16.1 Å². The summed E-state index contributed by atoms with van der Waals surface area (Å²) >= 11 is 2.86. The van der Waals surface area contributed by atoms with Gasteiger partial charge in [-0.1, -0.05) is 53.4 Å². The van der Waals surface area contributed by atoms with Gasteiger partial charge in [0.15, 0.2) is 10.1 Å². The number of hydrogen-bond donors (Lipinski definition) is 2. The second-order valence-corrected chi connectivity index (χ2v) is 6.71. The molecule has 0 aliphatic heterocycles. The second-order valence-electron chi connectivity index (χ2n) is 4.51. The smallest absolute Gasteiger partial charge is 0.206 e. The van der Waals surface area contributed by atoms with E-state index in [2.05, 4.69) is 32.6 Å². The minimum Gasteiger partial charge on any atom is -0.359 e. The van der Waals surface area contributed by atoms with E-state index in [1.807, 2.05) is 24.3 Å². The molecule has 5 nitrogen and oxygen atoms in total. The molecule has 1 aromatic carbocycles. The molecule has 0 aliphatic rings. The van der Waals surface area contributed by atoms with E-state index in [9.17, 15) is 4.79 Å². The van der Waals surface area contributed by atoms with Crippen LogP contribution in [0.25, 0.3) is 0 Å². The number of hydrogen-bond acceptors (Lipinski definition) is 6. The number of ketones is 1. The molecule has 0 saturated carbocycles. The molecule has 2 aromatic heterocycles. The third kappa shape index (κ3) is 3.96. The number of Topliss-reactive ketones (excluding diaryl/α,β-unsaturated/α-hetero) is 1. The molecule has 0 amide bonds. The van der Waals surface area contributed by atoms with Gasteiger partial charge in [-0.05, 0) is 17.7 Å². The molecule has 112 valence electrons. The van der Waals surface area contributed by atoms with Crippen LogP contribution < -0.4 is 5.32 Å². The summed E-state index contributed by atoms with van der Waals surface area (Å²) in [5.41, 5.74) is 1.81. The van der Waals surface area contributed by atoms with Crippen LogP contribution in [0.3, 0.4) is 0 Å². The second kappa shape index (κ2) is 7.24. The molecule has 7 heteroatoms. The minimum absolute atomic E-state index is 0.0593. The molecule has 0 unspecified atom stereocenters. The van der Waals surface area contributed by atoms with Crippen molar-refractivity contribution in [1.29, 1.82) is 0 Å². The van der Waals surface area contributed by atoms with Gasteiger partial charge in [0, 0.05) is 12.7 Å². The Kier molecular flexibility index (Phi) is 4.87. The van der Waals surface area contributed by atoms with Gasteiger partial charge in [0.25, 0.3) is 0 Å². The molecule has 0 aliphatic carbocycles. The molecule has 2 N–H and O–H groups in total. The third-order valence-corrected chi connectivity index (χ3v) is 4.93. The van der Waals surface area contributed by atoms with Gasteiger partial charge in [0.2, 0.25) is 5.13 Å². The third-order valence-electron chi connectivity index (χ3n) is 2.92. The van der Waals surface area contributed by atoms with Crippen molar-refractivity contribution in [2.75, 3.05) is 11.1 Å². The van der Waals surface area contributed by atoms with Gasteiger partial charge in [0.05, 0.1) is 11.4 Å². The van der Waals surface area contributed by atoms with Gasteiger partial charge in [-0.15, -0.1) is 10.2 Å². The molecule has 3 aromatic rings. The lowest BCUT2D eigenvalue weighted by atomic mass is 10.2. The molecular weight excluding hydrogens is 316 g/mol. The van der Waals surface area contributed by atoms with E-state index in [-0.39, 0.29) is 5.78 Å². The van der Waals surface area contributed by atoms with Crippen LogP contribution >= 0.6 is 23.1 Å². The first kappa shape index (κ1) is 14.8. The summed E-state index contributed by atoms with van der Waals surface area (Å²) in [7, 11) is 0. The van der Waals surface area contributed by atoms with E-state index < -0.39 is 0 Å². The monoisotopic (exact) mass is 330 g/mol. The Morgan fingerprint density at radius 3 is 2.82 bits per heavy atom. The SMILES string of the molecule is O=C(CSc1nnc(NCc2ccccc2)s1)c1ccc[nH]1. The first-order chi connectivity index (χ1) is 10.8. The minimum atomic E-state index is 0.0593. The molecular formula is C15H14N4OS2. The van der Waals surface area contributed by atoms with Crippen LogP contribution in [0, 0.1) is 0 Å². The number of carbonyl (C=O) groups excluding carboxylic acids is 1. The van der Waals surface area contributed by atoms with Crippen molar-refractivity contribution < 1.29 is 4.79 Å². The number of benzene rings is 1. The zero-order valence-corrected chi connectivity index (χ0v) is 13.3. The highest BCUT2D eigenvalue weighted by molar-refractivity contribution is 8.01. The van der Waals surface area contributed by atoms with E-state index in [1.165, 1.54) is 28.7 Å². The van der Waals surface area contributed by atoms with Gasteiger partial charge < -0.3 is 10.3 Å². The van der Waals surface area contributed by atoms with E-state index in [0.29, 0.717) is 18.0 Å². The fraction of sp³-hybridized carbons (Fsp3) is 0.133. The highest BCUT2D eigenvalue weighted by atomic mass is 32.2. The number of nitrogens with one attached hydrogen (secondary N) is 2. The summed E-state index contributed by atoms with van der Waals surface area (Å²) in [6.45, 7) is 0.710. The number of nitrogens with zero attached hydrogens (tertiary/aromatic N) is 2. The van der Waals surface area contributed by atoms with Gasteiger partial charge in [0.1, 0.15) is 0 Å². The van der Waals surface area contributed by atoms with Crippen LogP contribution in [0.4, 0.5) is 5.13 Å². The van der Waals surface area contributed by atoms with Crippen LogP contribution in [0.15, 0.2) is 53.0 Å². The number of carbonyl (C=O) groups is 1. The van der Waals surface area contributed by atoms with Gasteiger partial charge in [-0.2, -0.15) is 0 Å². The van der Waals surface area contributed by atoms with Crippen molar-refractivity contribution in [3.05, 3.63) is 59.9 Å². The Balaban J connectivity index is 1.50. The van der Waals surface area contributed by atoms with Gasteiger partial charge in [-0.3, -0.25) is 4.79 Å². The molecule has 0 spiro atoms. The normalized spacial score (nSPS) is 10.5. The predicted molar refractivity (Wildman–Crippen MR) is 89.5 cm³/mol. The van der Waals surface area contributed by atoms with Crippen LogP contribution in [0.5, 0.6) is 0 Å². The number of aromatic nitrogens is 3. The van der Waals surface area contributed by atoms with E-state index in [4.69, 9.17) is 0 Å². The highest BCUT2D eigenvalue weighted by Crippen LogP contribution is 2.26. The first-order valence-corrected chi connectivity index (χ1v) is 8.52. The van der Waals surface area contributed by atoms with Crippen molar-refractivity contribution in [1.82, 2.24) is 15.2 Å². The molecule has 0 saturated heterocycles. The Hall–Kier alpha value is -2.12. The number of anilines is 1. The largest absolute Gasteiger partial charge is 0.359 e. The lowest BCUT2D eigenvalue weighted by molar-refractivity contribution is 0.101. The van der Waals surface area contributed by atoms with Crippen molar-refractivity contribution in [2.24, 2.45) is 0 Å². The molecule has 0 radical (unpaired) electrons. The average molecular weight is 330 g/mol. The summed E-state index contributed by atoms with van der Waals surface area (Å²) in [4.78, 5) is 14.8. The fourth-order valence-corrected chi connectivity index (χ4v) is 3.45. The number of H-pyrrole nitrogens is 1. The van der Waals surface area contributed by atoms with Crippen molar-refractivity contribution in [3.63, 3.8) is 0 Å². The van der Waals surface area contributed by atoms with Crippen LogP contribution in [-0.4, -0.2) is 26.7 Å². The van der Waals surface area contributed by atoms with Crippen molar-refractivity contribution in [2.45, 2.75) is 10.9 Å². The molecule has 0 bridgehead atoms. The molecule has 0 fully saturated rings. The van der Waals surface area contributed by atoms with Crippen LogP contribution in [0.2, 0.25) is 0 Å². The average Bonchev–Trinajstić information content (AvgIpc) is 3.23. The van der Waals surface area contributed by atoms with Gasteiger partial charge >= 0.3 is 0 Å². The van der Waals surface area contributed by atoms with E-state index >= 15 is 0 Å². The number of rotatable bonds is 7. The van der Waals surface area contributed by atoms with Crippen LogP contribution in [-0.2, 0) is 6.54 Å². The van der Waals surface area contributed by atoms with Gasteiger partial charge in [-0.25, -0.2) is 0 Å². The standard InChI is InChI=1S/C15H14N4OS2/c20-13(12-7-4-8-16-12)10-21-15-19-18-14(22-15)17-9-11-5-2-1-3-6-11/h1-8,16H,9-10H2,(H,17,18). The lowest BCUT2D eigenvalue weighted by Crippen LogP contribution is -2.02. The molecule has 3 rings (SSSR count). The number of thioether (sulfide) groups is 1. The summed E-state index contributed by atoms with van der Waals surface area (Å²) in [5, 5.41) is 12.2. The number of aromatic amines is 1. The highest BCUT2D eigenvalue weighted by Gasteiger charge is 2.10. The maximum Gasteiger partial charge on any atom is 0.206 e. The zero-order valence-electron chi connectivity index (χ0n) is 11.7. The fourth-order valence-electron chi connectivity index (χ4n) is 1.82. The van der Waals surface area contributed by atoms with Crippen molar-refractivity contribution >= 4 is 34.0 Å². The maximum atomic E-state index is 11.9. The molecule has 2 heterocycles. The summed E-state index contributed by atoms with van der Waals surface area (Å²) < 4.78 is 0.787. The lowest BCUT2D eigenvalue weighted by Gasteiger charge is -2.00. The topological polar surface area (TPSA) is 70.7 Å². The first-order valence-electron chi connectivity index (χ1n) is 6.72. The summed E-state index contributed by atoms with van der Waals surface area (Å²) in [6.07, 6.45) is 1.74. The van der Waals surface area contributed by atoms with Crippen molar-refractivity contribution in [3.8, 4) is 0 Å². The zero-order chi connectivity index (χ0) is 15.2. The molecule has 0 atom stereocenters. The summed E-state index contributed by atoms with van der Waals surface area (Å²) in [5.74, 6) is 0.414. The Bertz CT molecular complexity index is 725. The molecule has 22 heavy (non-hydrogen) atoms. The predicted octanol–water partition coefficient (Wildman–Crippen LogP) is 3.45. The quantitative estimate of drug-likeness (QED) is 0.513. The van der Waals surface area contributed by atoms with E-state index in [1.54, 1.807) is 12.3 Å². The summed E-state index contributed by atoms with van der Waals surface area (Å²) in [6, 6.07) is 13.7.